The fraction of sp³-hybridized carbons (Fsp3) is 1.00. The summed E-state index contributed by atoms with van der Waals surface area (Å²) in [5.74, 6) is 0. The highest BCUT2D eigenvalue weighted by Gasteiger charge is 2.55. The van der Waals surface area contributed by atoms with Gasteiger partial charge in [0, 0.05) is 0 Å². The monoisotopic (exact) mass is 762 g/mol. The highest BCUT2D eigenvalue weighted by Crippen LogP contribution is 2.34. The fourth-order valence-electron chi connectivity index (χ4n) is 5.70. The maximum Gasteiger partial charge on any atom is 0.424 e. The molecule has 0 radical (unpaired) electrons. The molecule has 0 aromatic heterocycles. The van der Waals surface area contributed by atoms with Crippen LogP contribution in [0.25, 0.3) is 0 Å². The molecule has 0 amide bonds. The average molecular weight is 763 g/mol. The van der Waals surface area contributed by atoms with Crippen LogP contribution in [-0.2, 0) is 52.8 Å². The van der Waals surface area contributed by atoms with Crippen LogP contribution >= 0.6 is 0 Å². The van der Waals surface area contributed by atoms with Gasteiger partial charge in [-0.05, 0) is 0 Å². The maximum atomic E-state index is 10.9. The smallest absolute Gasteiger partial charge is 0.394 e. The van der Waals surface area contributed by atoms with Crippen molar-refractivity contribution >= 4 is 10.4 Å². The molecule has 294 valence electrons. The summed E-state index contributed by atoms with van der Waals surface area (Å²) in [4.78, 5) is 4.23. The molecule has 25 nitrogen and oxygen atoms in total. The predicted molar refractivity (Wildman–Crippen MR) is 145 cm³/mol. The zero-order valence-corrected chi connectivity index (χ0v) is 26.4. The standard InChI is InChI=1S/C24H42O25S/c25-1-5-9(29)10(30)14(34)21(41-5)45-18-6(2-26)42-22(15(35)11(18)31)46-19-7(3-27)43-23(16(36)12(19)32)47-20-8(4-28)44-24(17(37)13(20)33)48-49-50(38,39)40/h5-37H,1-4H2,(H,38,39,40)/t5-,6-,7-,8-,9-,10+,11-,12-,13-,14-,15-,16-,17-,18-,19-,20-,21-,22-,23-,24-/m1/s1. The Morgan fingerprint density at radius 3 is 1.06 bits per heavy atom. The molecule has 0 saturated carbocycles. The minimum Gasteiger partial charge on any atom is -0.394 e. The summed E-state index contributed by atoms with van der Waals surface area (Å²) < 4.78 is 71.6. The molecule has 50 heavy (non-hydrogen) atoms. The Morgan fingerprint density at radius 2 is 0.720 bits per heavy atom. The normalized spacial score (nSPS) is 49.2. The molecule has 4 rings (SSSR count). The first-order chi connectivity index (χ1) is 23.5. The van der Waals surface area contributed by atoms with Crippen LogP contribution in [0.15, 0.2) is 0 Å². The molecular weight excluding hydrogens is 720 g/mol. The van der Waals surface area contributed by atoms with E-state index in [1.165, 1.54) is 0 Å². The summed E-state index contributed by atoms with van der Waals surface area (Å²) in [5, 5.41) is 134. The molecule has 0 aromatic carbocycles. The molecule has 4 aliphatic heterocycles. The van der Waals surface area contributed by atoms with E-state index < -0.39 is 160 Å². The van der Waals surface area contributed by atoms with Crippen LogP contribution in [0.1, 0.15) is 0 Å². The minimum absolute atomic E-state index is 0.810. The highest BCUT2D eigenvalue weighted by atomic mass is 32.3. The Hall–Kier alpha value is -0.970. The van der Waals surface area contributed by atoms with E-state index in [1.54, 1.807) is 0 Å². The Bertz CT molecular complexity index is 1160. The van der Waals surface area contributed by atoms with Crippen LogP contribution in [0.5, 0.6) is 0 Å². The molecule has 0 spiro atoms. The van der Waals surface area contributed by atoms with Crippen molar-refractivity contribution in [3.63, 3.8) is 0 Å². The molecule has 20 atom stereocenters. The summed E-state index contributed by atoms with van der Waals surface area (Å²) in [5.41, 5.74) is 0. The van der Waals surface area contributed by atoms with Gasteiger partial charge in [0.25, 0.3) is 0 Å². The van der Waals surface area contributed by atoms with Gasteiger partial charge in [0.1, 0.15) is 97.7 Å². The van der Waals surface area contributed by atoms with E-state index in [2.05, 4.69) is 9.22 Å². The SMILES string of the molecule is O=S(=O)(O)OO[C@H]1O[C@H](CO)[C@@H](O[C@H]2O[C@H](CO)[C@@H](O[C@H]3O[C@H](CO)[C@@H](O[C@H]4O[C@H](CO)[C@@H](O)[C@H](O)[C@H]4O)[C@H](O)[C@H]3O)[C@H](O)[C@H]2O)[C@H](O)[C@H]1O. The molecule has 4 saturated heterocycles. The van der Waals surface area contributed by atoms with Gasteiger partial charge in [0.15, 0.2) is 18.9 Å². The summed E-state index contributed by atoms with van der Waals surface area (Å²) in [6.07, 6.45) is -37.5. The van der Waals surface area contributed by atoms with Crippen molar-refractivity contribution < 1.29 is 122 Å². The number of hydrogen-bond acceptors (Lipinski definition) is 24. The second-order valence-electron chi connectivity index (χ2n) is 11.7. The van der Waals surface area contributed by atoms with Gasteiger partial charge >= 0.3 is 10.4 Å². The largest absolute Gasteiger partial charge is 0.424 e. The lowest BCUT2D eigenvalue weighted by molar-refractivity contribution is -0.408. The fourth-order valence-corrected chi connectivity index (χ4v) is 5.88. The highest BCUT2D eigenvalue weighted by molar-refractivity contribution is 7.80. The third kappa shape index (κ3) is 9.03. The van der Waals surface area contributed by atoms with Crippen LogP contribution in [0, 0.1) is 0 Å². The Morgan fingerprint density at radius 1 is 0.420 bits per heavy atom. The quantitative estimate of drug-likeness (QED) is 0.0470. The van der Waals surface area contributed by atoms with E-state index in [4.69, 9.17) is 37.7 Å². The first kappa shape index (κ1) is 41.8. The zero-order valence-electron chi connectivity index (χ0n) is 25.5. The third-order valence-electron chi connectivity index (χ3n) is 8.40. The van der Waals surface area contributed by atoms with Crippen molar-refractivity contribution in [1.82, 2.24) is 0 Å². The number of aliphatic hydroxyl groups excluding tert-OH is 13. The Labute approximate surface area is 281 Å². The summed E-state index contributed by atoms with van der Waals surface area (Å²) >= 11 is 0. The van der Waals surface area contributed by atoms with E-state index in [-0.39, 0.29) is 0 Å². The predicted octanol–water partition coefficient (Wildman–Crippen LogP) is -9.99. The van der Waals surface area contributed by atoms with Gasteiger partial charge in [-0.25, -0.2) is 0 Å². The Kier molecular flexibility index (Phi) is 14.6. The molecule has 0 bridgehead atoms. The maximum absolute atomic E-state index is 10.9. The summed E-state index contributed by atoms with van der Waals surface area (Å²) in [6, 6.07) is 0. The number of aliphatic hydroxyl groups is 13. The number of ether oxygens (including phenoxy) is 7. The third-order valence-corrected chi connectivity index (χ3v) is 8.65. The first-order valence-electron chi connectivity index (χ1n) is 14.9. The molecule has 0 unspecified atom stereocenters. The molecule has 0 aliphatic carbocycles. The van der Waals surface area contributed by atoms with Crippen LogP contribution in [0.4, 0.5) is 0 Å². The minimum atomic E-state index is -5.19. The van der Waals surface area contributed by atoms with E-state index >= 15 is 0 Å². The van der Waals surface area contributed by atoms with Crippen LogP contribution in [0.3, 0.4) is 0 Å². The van der Waals surface area contributed by atoms with Crippen molar-refractivity contribution in [3.05, 3.63) is 0 Å². The van der Waals surface area contributed by atoms with Crippen LogP contribution < -0.4 is 0 Å². The molecule has 26 heteroatoms. The van der Waals surface area contributed by atoms with Gasteiger partial charge in [-0.15, -0.1) is 0 Å². The van der Waals surface area contributed by atoms with Crippen molar-refractivity contribution in [3.8, 4) is 0 Å². The lowest BCUT2D eigenvalue weighted by atomic mass is 9.95. The molecular formula is C24H42O25S. The van der Waals surface area contributed by atoms with E-state index in [0.29, 0.717) is 0 Å². The van der Waals surface area contributed by atoms with E-state index in [9.17, 15) is 74.8 Å². The van der Waals surface area contributed by atoms with Gasteiger partial charge in [-0.2, -0.15) is 13.3 Å². The molecule has 0 aromatic rings. The van der Waals surface area contributed by atoms with Gasteiger partial charge < -0.3 is 99.5 Å². The average Bonchev–Trinajstić information content (AvgIpc) is 3.08. The topological polar surface area (TPSA) is 400 Å². The molecule has 4 heterocycles. The van der Waals surface area contributed by atoms with E-state index in [1.807, 2.05) is 0 Å². The van der Waals surface area contributed by atoms with Gasteiger partial charge in [-0.1, -0.05) is 4.33 Å². The molecule has 14 N–H and O–H groups in total. The molecule has 4 aliphatic rings. The van der Waals surface area contributed by atoms with Crippen molar-refractivity contribution in [2.45, 2.75) is 123 Å². The van der Waals surface area contributed by atoms with Crippen molar-refractivity contribution in [1.29, 1.82) is 0 Å². The van der Waals surface area contributed by atoms with Crippen LogP contribution in [-0.4, -0.2) is 229 Å². The first-order valence-corrected chi connectivity index (χ1v) is 16.3. The summed E-state index contributed by atoms with van der Waals surface area (Å²) in [7, 11) is -5.19. The van der Waals surface area contributed by atoms with Crippen LogP contribution in [0.2, 0.25) is 0 Å². The van der Waals surface area contributed by atoms with Gasteiger partial charge in [-0.3, -0.25) is 4.55 Å². The number of rotatable bonds is 13. The lowest BCUT2D eigenvalue weighted by Gasteiger charge is -2.49. The van der Waals surface area contributed by atoms with Crippen molar-refractivity contribution in [2.75, 3.05) is 26.4 Å². The summed E-state index contributed by atoms with van der Waals surface area (Å²) in [6.45, 7) is -3.72. The lowest BCUT2D eigenvalue weighted by Crippen LogP contribution is -2.67. The Balaban J connectivity index is 1.42. The van der Waals surface area contributed by atoms with E-state index in [0.717, 1.165) is 0 Å². The number of hydrogen-bond donors (Lipinski definition) is 14. The second-order valence-corrected chi connectivity index (χ2v) is 12.7. The second kappa shape index (κ2) is 17.4. The van der Waals surface area contributed by atoms with Gasteiger partial charge in [0.05, 0.1) is 26.4 Å². The van der Waals surface area contributed by atoms with Crippen molar-refractivity contribution in [2.24, 2.45) is 0 Å². The zero-order chi connectivity index (χ0) is 37.2. The molecule has 4 fully saturated rings. The van der Waals surface area contributed by atoms with Gasteiger partial charge in [0.2, 0.25) is 6.29 Å².